The number of amides is 6. The van der Waals surface area contributed by atoms with Crippen LogP contribution in [0.4, 0.5) is 0 Å². The fourth-order valence-electron chi connectivity index (χ4n) is 10.3. The summed E-state index contributed by atoms with van der Waals surface area (Å²) in [5.74, 6) is -2.86. The van der Waals surface area contributed by atoms with Crippen molar-refractivity contribution < 1.29 is 85.9 Å². The van der Waals surface area contributed by atoms with Gasteiger partial charge in [-0.15, -0.1) is 5.06 Å². The largest absolute Gasteiger partial charge is 0.495 e. The molecule has 0 saturated carbocycles. The SMILES string of the molecule is COc1ccc(C[C@H]2NC(=O)/C=C\C[C@@H]([C@H](C)[C@H]3O[C@@H]3c3ccc(CN4CCN(C(=O)CCCS(C)(C)CC(=O)NCCOCCOCCOCCOCCC(=O)ON5C(=O)CCC5=O)CC4)cc3)OC(=O)C(CC(C)C)OC(=O)C(C)(C)CNC2=O)cc1Cl. The van der Waals surface area contributed by atoms with Gasteiger partial charge in [0.05, 0.1) is 88.7 Å². The number of hydrogen-bond acceptors (Lipinski definition) is 19. The number of nitrogens with one attached hydrogen (secondary N) is 3. The first kappa shape index (κ1) is 72.9. The van der Waals surface area contributed by atoms with Gasteiger partial charge in [0.1, 0.15) is 24.0 Å². The van der Waals surface area contributed by atoms with Crippen LogP contribution in [0.3, 0.4) is 0 Å². The van der Waals surface area contributed by atoms with Crippen LogP contribution in [0.5, 0.6) is 5.75 Å². The van der Waals surface area contributed by atoms with E-state index in [1.807, 2.05) is 37.8 Å². The molecule has 0 spiro atoms. The summed E-state index contributed by atoms with van der Waals surface area (Å²) in [5.41, 5.74) is 1.50. The molecule has 26 heteroatoms. The Labute approximate surface area is 534 Å². The lowest BCUT2D eigenvalue weighted by Gasteiger charge is -2.35. The van der Waals surface area contributed by atoms with Crippen molar-refractivity contribution in [1.82, 2.24) is 30.8 Å². The van der Waals surface area contributed by atoms with E-state index in [1.165, 1.54) is 13.2 Å². The summed E-state index contributed by atoms with van der Waals surface area (Å²) >= 11 is 6.40. The number of epoxide rings is 1. The van der Waals surface area contributed by atoms with E-state index in [1.54, 1.807) is 38.1 Å². The highest BCUT2D eigenvalue weighted by Gasteiger charge is 2.48. The number of esters is 2. The molecule has 0 radical (unpaired) electrons. The first-order valence-electron chi connectivity index (χ1n) is 31.0. The van der Waals surface area contributed by atoms with Gasteiger partial charge in [-0.25, -0.2) is 19.6 Å². The number of cyclic esters (lactones) is 2. The summed E-state index contributed by atoms with van der Waals surface area (Å²) in [5, 5.41) is 9.37. The smallest absolute Gasteiger partial charge is 0.347 e. The van der Waals surface area contributed by atoms with Crippen LogP contribution in [-0.2, 0) is 94.1 Å². The third-order valence-corrected chi connectivity index (χ3v) is 18.4. The van der Waals surface area contributed by atoms with Crippen LogP contribution in [0.25, 0.3) is 0 Å². The zero-order valence-electron chi connectivity index (χ0n) is 53.4. The third kappa shape index (κ3) is 24.5. The molecular formula is C64H93ClN6O18S. The van der Waals surface area contributed by atoms with E-state index < -0.39 is 75.2 Å². The summed E-state index contributed by atoms with van der Waals surface area (Å²) in [6.45, 7) is 15.0. The zero-order valence-corrected chi connectivity index (χ0v) is 55.0. The number of rotatable bonds is 32. The Morgan fingerprint density at radius 1 is 0.811 bits per heavy atom. The van der Waals surface area contributed by atoms with Crippen LogP contribution < -0.4 is 20.7 Å². The molecule has 6 rings (SSSR count). The lowest BCUT2D eigenvalue weighted by atomic mass is 9.92. The number of halogens is 1. The van der Waals surface area contributed by atoms with Crippen molar-refractivity contribution in [3.63, 3.8) is 0 Å². The molecule has 2 aromatic carbocycles. The maximum absolute atomic E-state index is 14.0. The minimum atomic E-state index is -1.26. The van der Waals surface area contributed by atoms with Crippen molar-refractivity contribution in [3.8, 4) is 5.75 Å². The van der Waals surface area contributed by atoms with Gasteiger partial charge in [-0.2, -0.15) is 0 Å². The molecule has 3 saturated heterocycles. The van der Waals surface area contributed by atoms with Crippen LogP contribution in [0.15, 0.2) is 54.6 Å². The highest BCUT2D eigenvalue weighted by atomic mass is 35.5. The zero-order chi connectivity index (χ0) is 65.4. The molecule has 0 aliphatic carbocycles. The van der Waals surface area contributed by atoms with E-state index in [9.17, 15) is 43.2 Å². The molecule has 90 heavy (non-hydrogen) atoms. The van der Waals surface area contributed by atoms with Crippen LogP contribution in [-0.4, -0.2) is 216 Å². The van der Waals surface area contributed by atoms with Crippen molar-refractivity contribution in [2.75, 3.05) is 123 Å². The second kappa shape index (κ2) is 36.2. The number of nitrogens with zero attached hydrogens (tertiary/aromatic N) is 3. The van der Waals surface area contributed by atoms with Gasteiger partial charge in [-0.1, -0.05) is 68.8 Å². The van der Waals surface area contributed by atoms with Crippen molar-refractivity contribution in [3.05, 3.63) is 76.3 Å². The van der Waals surface area contributed by atoms with Crippen molar-refractivity contribution in [2.45, 2.75) is 123 Å². The Balaban J connectivity index is 0.858. The Morgan fingerprint density at radius 3 is 2.08 bits per heavy atom. The second-order valence-electron chi connectivity index (χ2n) is 24.6. The minimum absolute atomic E-state index is 0.0328. The van der Waals surface area contributed by atoms with Crippen LogP contribution in [0.2, 0.25) is 5.02 Å². The van der Waals surface area contributed by atoms with E-state index >= 15 is 0 Å². The van der Waals surface area contributed by atoms with Crippen molar-refractivity contribution in [1.29, 1.82) is 0 Å². The van der Waals surface area contributed by atoms with E-state index in [-0.39, 0.29) is 94.1 Å². The van der Waals surface area contributed by atoms with E-state index in [2.05, 4.69) is 45.5 Å². The molecule has 3 N–H and O–H groups in total. The number of benzene rings is 2. The fourth-order valence-corrected chi connectivity index (χ4v) is 12.4. The summed E-state index contributed by atoms with van der Waals surface area (Å²) < 4.78 is 45.5. The number of piperazine rings is 1. The number of carbonyl (C=O) groups is 9. The number of hydrogen-bond donors (Lipinski definition) is 3. The first-order valence-corrected chi connectivity index (χ1v) is 34.1. The number of carbonyl (C=O) groups excluding carboxylic acids is 9. The maximum atomic E-state index is 14.0. The van der Waals surface area contributed by atoms with E-state index in [4.69, 9.17) is 54.3 Å². The van der Waals surface area contributed by atoms with Gasteiger partial charge >= 0.3 is 17.9 Å². The molecule has 6 amide bonds. The van der Waals surface area contributed by atoms with Crippen LogP contribution in [0, 0.1) is 17.3 Å². The van der Waals surface area contributed by atoms with Gasteiger partial charge in [-0.3, -0.25) is 38.5 Å². The summed E-state index contributed by atoms with van der Waals surface area (Å²) in [6, 6.07) is 12.3. The normalized spacial score (nSPS) is 22.1. The molecule has 4 heterocycles. The molecule has 4 aliphatic heterocycles. The lowest BCUT2D eigenvalue weighted by Crippen LogP contribution is -2.51. The molecule has 1 unspecified atom stereocenters. The van der Waals surface area contributed by atoms with Gasteiger partial charge in [0.15, 0.2) is 6.10 Å². The standard InChI is InChI=1S/C64H93ClN6O18S/c1-43(2)37-52-62(79)86-50(11-9-12-53(72)68-49(39-46-16-19-51(81-6)48(65)38-46)61(78)67-42-64(4,5)63(80)87-52)44(3)59-60(88-59)47-17-14-45(15-18-47)40-69-24-26-70(27-25-69)55(74)13-10-36-90(7,8)41-54(73)66-23-29-83-31-33-85-35-34-84-32-30-82-28-22-58(77)89-71-56(75)20-21-57(71)76/h9,12,14-19,38,43-44,49-50,52,59-60H,10-11,13,20-37,39-42H2,1-8H3,(H,66,73)(H,67,78)(H,68,72)/b12-9-/t44-,49+,50-,52?,59+,60+/m0/s1. The first-order chi connectivity index (χ1) is 42.9. The average Bonchev–Trinajstić information content (AvgIpc) is 2.54. The summed E-state index contributed by atoms with van der Waals surface area (Å²) in [6.07, 6.45) is 6.14. The predicted molar refractivity (Wildman–Crippen MR) is 335 cm³/mol. The Kier molecular flexibility index (Phi) is 29.3. The molecule has 500 valence electrons. The van der Waals surface area contributed by atoms with Crippen molar-refractivity contribution >= 4 is 75.0 Å². The molecule has 4 aliphatic rings. The summed E-state index contributed by atoms with van der Waals surface area (Å²) in [4.78, 5) is 125. The minimum Gasteiger partial charge on any atom is -0.495 e. The maximum Gasteiger partial charge on any atom is 0.347 e. The Morgan fingerprint density at radius 2 is 1.44 bits per heavy atom. The highest BCUT2D eigenvalue weighted by molar-refractivity contribution is 8.33. The van der Waals surface area contributed by atoms with Gasteiger partial charge in [0.2, 0.25) is 23.6 Å². The van der Waals surface area contributed by atoms with Gasteiger partial charge in [0, 0.05) is 83.8 Å². The number of ether oxygens (including phenoxy) is 8. The second-order valence-corrected chi connectivity index (χ2v) is 29.2. The number of imide groups is 1. The average molecular weight is 1300 g/mol. The molecule has 24 nitrogen and oxygen atoms in total. The fraction of sp³-hybridized carbons (Fsp3) is 0.641. The van der Waals surface area contributed by atoms with E-state index in [0.717, 1.165) is 30.0 Å². The van der Waals surface area contributed by atoms with Crippen LogP contribution >= 0.6 is 21.6 Å². The quantitative estimate of drug-likeness (QED) is 0.0384. The third-order valence-electron chi connectivity index (χ3n) is 15.7. The van der Waals surface area contributed by atoms with Crippen LogP contribution in [0.1, 0.15) is 102 Å². The van der Waals surface area contributed by atoms with Gasteiger partial charge < -0.3 is 63.6 Å². The van der Waals surface area contributed by atoms with E-state index in [0.29, 0.717) is 106 Å². The number of hydroxylamine groups is 2. The Hall–Kier alpha value is -6.19. The molecule has 0 aromatic heterocycles. The van der Waals surface area contributed by atoms with Gasteiger partial charge in [0.25, 0.3) is 11.8 Å². The highest BCUT2D eigenvalue weighted by Crippen LogP contribution is 2.45. The molecule has 3 fully saturated rings. The lowest BCUT2D eigenvalue weighted by molar-refractivity contribution is -0.198. The molecular weight excluding hydrogens is 1210 g/mol. The predicted octanol–water partition coefficient (Wildman–Crippen LogP) is 4.79. The molecule has 0 bridgehead atoms. The van der Waals surface area contributed by atoms with Gasteiger partial charge in [-0.05, 0) is 85.8 Å². The molecule has 2 aromatic rings. The summed E-state index contributed by atoms with van der Waals surface area (Å²) in [7, 11) is 0.233. The topological polar surface area (TPSA) is 286 Å². The number of methoxy groups -OCH3 is 1. The monoisotopic (exact) mass is 1300 g/mol. The Bertz CT molecular complexity index is 2760. The molecule has 6 atom stereocenters. The van der Waals surface area contributed by atoms with Crippen molar-refractivity contribution in [2.24, 2.45) is 17.3 Å².